The lowest BCUT2D eigenvalue weighted by molar-refractivity contribution is -0.139. The molecule has 4 rings (SSSR count). The second-order valence-electron chi connectivity index (χ2n) is 6.92. The van der Waals surface area contributed by atoms with Crippen molar-refractivity contribution in [1.29, 1.82) is 0 Å². The summed E-state index contributed by atoms with van der Waals surface area (Å²) in [6.45, 7) is 0. The largest absolute Gasteiger partial charge is 0.380 e. The van der Waals surface area contributed by atoms with Crippen molar-refractivity contribution in [2.75, 3.05) is 10.6 Å². The van der Waals surface area contributed by atoms with Gasteiger partial charge in [0.05, 0.1) is 0 Å². The Morgan fingerprint density at radius 3 is 1.37 bits per heavy atom. The minimum Gasteiger partial charge on any atom is -0.380 e. The molecule has 2 amide bonds. The fourth-order valence-electron chi connectivity index (χ4n) is 3.37. The predicted molar refractivity (Wildman–Crippen MR) is 117 cm³/mol. The standard InChI is InChI=1S/C24H20N2O4/c27-21(23(29)25-19-13-5-9-15-7-1-3-11-17(15)19)22(28)24(30)26-20-14-6-10-16-8-2-4-12-18(16)20/h1-14,21-22,27-28H,(H,25,29)(H,26,30)/t21-,22-/m1/s1. The fraction of sp³-hybridized carbons (Fsp3) is 0.0833. The fourth-order valence-corrected chi connectivity index (χ4v) is 3.37. The molecule has 0 spiro atoms. The molecule has 0 radical (unpaired) electrons. The average Bonchev–Trinajstić information content (AvgIpc) is 2.78. The first-order valence-corrected chi connectivity index (χ1v) is 9.48. The van der Waals surface area contributed by atoms with E-state index in [2.05, 4.69) is 10.6 Å². The van der Waals surface area contributed by atoms with Crippen molar-refractivity contribution in [2.45, 2.75) is 12.2 Å². The zero-order chi connectivity index (χ0) is 21.1. The van der Waals surface area contributed by atoms with E-state index in [4.69, 9.17) is 0 Å². The van der Waals surface area contributed by atoms with E-state index in [-0.39, 0.29) is 0 Å². The summed E-state index contributed by atoms with van der Waals surface area (Å²) in [6.07, 6.45) is -3.86. The molecule has 150 valence electrons. The van der Waals surface area contributed by atoms with Crippen LogP contribution in [0.3, 0.4) is 0 Å². The summed E-state index contributed by atoms with van der Waals surface area (Å²) in [5, 5.41) is 29.1. The molecule has 4 aromatic rings. The Labute approximate surface area is 172 Å². The number of carbonyl (C=O) groups excluding carboxylic acids is 2. The van der Waals surface area contributed by atoms with Gasteiger partial charge in [0, 0.05) is 22.1 Å². The van der Waals surface area contributed by atoms with Crippen molar-refractivity contribution >= 4 is 44.7 Å². The van der Waals surface area contributed by atoms with Crippen LogP contribution in [0.5, 0.6) is 0 Å². The number of nitrogens with one attached hydrogen (secondary N) is 2. The van der Waals surface area contributed by atoms with E-state index in [1.54, 1.807) is 24.3 Å². The Morgan fingerprint density at radius 2 is 0.933 bits per heavy atom. The van der Waals surface area contributed by atoms with Crippen LogP contribution in [0.15, 0.2) is 84.9 Å². The molecular formula is C24H20N2O4. The molecule has 0 unspecified atom stereocenters. The van der Waals surface area contributed by atoms with Gasteiger partial charge in [-0.3, -0.25) is 9.59 Å². The minimum absolute atomic E-state index is 0.485. The second kappa shape index (κ2) is 8.32. The highest BCUT2D eigenvalue weighted by Gasteiger charge is 2.31. The number of rotatable bonds is 5. The normalized spacial score (nSPS) is 13.0. The van der Waals surface area contributed by atoms with E-state index in [0.29, 0.717) is 11.4 Å². The number of anilines is 2. The summed E-state index contributed by atoms with van der Waals surface area (Å²) in [5.74, 6) is -1.74. The lowest BCUT2D eigenvalue weighted by atomic mass is 10.1. The molecule has 0 aromatic heterocycles. The van der Waals surface area contributed by atoms with Crippen molar-refractivity contribution in [3.05, 3.63) is 84.9 Å². The zero-order valence-corrected chi connectivity index (χ0v) is 15.9. The first kappa shape index (κ1) is 19.6. The lowest BCUT2D eigenvalue weighted by Crippen LogP contribution is -2.45. The van der Waals surface area contributed by atoms with Gasteiger partial charge >= 0.3 is 0 Å². The molecule has 0 aliphatic heterocycles. The van der Waals surface area contributed by atoms with Gasteiger partial charge in [0.25, 0.3) is 11.8 Å². The minimum atomic E-state index is -1.93. The number of aliphatic hydroxyl groups is 2. The van der Waals surface area contributed by atoms with Crippen LogP contribution in [-0.4, -0.2) is 34.2 Å². The van der Waals surface area contributed by atoms with Crippen LogP contribution >= 0.6 is 0 Å². The molecule has 6 heteroatoms. The summed E-state index contributed by atoms with van der Waals surface area (Å²) in [7, 11) is 0. The Kier molecular flexibility index (Phi) is 5.43. The molecule has 0 saturated carbocycles. The maximum Gasteiger partial charge on any atom is 0.256 e. The highest BCUT2D eigenvalue weighted by molar-refractivity contribution is 6.08. The smallest absolute Gasteiger partial charge is 0.256 e. The summed E-state index contributed by atoms with van der Waals surface area (Å²) in [6, 6.07) is 25.6. The second-order valence-corrected chi connectivity index (χ2v) is 6.92. The number of aliphatic hydroxyl groups excluding tert-OH is 2. The van der Waals surface area contributed by atoms with Crippen molar-refractivity contribution < 1.29 is 19.8 Å². The first-order valence-electron chi connectivity index (χ1n) is 9.48. The van der Waals surface area contributed by atoms with E-state index in [0.717, 1.165) is 21.5 Å². The molecule has 0 bridgehead atoms. The lowest BCUT2D eigenvalue weighted by Gasteiger charge is -2.18. The maximum atomic E-state index is 12.5. The summed E-state index contributed by atoms with van der Waals surface area (Å²) in [4.78, 5) is 24.9. The Balaban J connectivity index is 1.49. The average molecular weight is 400 g/mol. The molecule has 2 atom stereocenters. The third kappa shape index (κ3) is 3.87. The van der Waals surface area contributed by atoms with Crippen LogP contribution < -0.4 is 10.6 Å². The zero-order valence-electron chi connectivity index (χ0n) is 15.9. The molecule has 4 aromatic carbocycles. The van der Waals surface area contributed by atoms with E-state index < -0.39 is 24.0 Å². The molecule has 0 fully saturated rings. The van der Waals surface area contributed by atoms with Gasteiger partial charge in [-0.1, -0.05) is 72.8 Å². The van der Waals surface area contributed by atoms with Gasteiger partial charge < -0.3 is 20.8 Å². The number of fused-ring (bicyclic) bond motifs is 2. The van der Waals surface area contributed by atoms with Crippen LogP contribution in [-0.2, 0) is 9.59 Å². The number of benzene rings is 4. The van der Waals surface area contributed by atoms with Gasteiger partial charge in [-0.2, -0.15) is 0 Å². The van der Waals surface area contributed by atoms with Crippen LogP contribution in [0.25, 0.3) is 21.5 Å². The molecule has 0 heterocycles. The molecule has 0 saturated heterocycles. The first-order chi connectivity index (χ1) is 14.5. The highest BCUT2D eigenvalue weighted by atomic mass is 16.3. The van der Waals surface area contributed by atoms with Gasteiger partial charge in [-0.05, 0) is 22.9 Å². The van der Waals surface area contributed by atoms with E-state index in [9.17, 15) is 19.8 Å². The van der Waals surface area contributed by atoms with Crippen molar-refractivity contribution in [1.82, 2.24) is 0 Å². The predicted octanol–water partition coefficient (Wildman–Crippen LogP) is 3.29. The number of hydrogen-bond acceptors (Lipinski definition) is 4. The van der Waals surface area contributed by atoms with Gasteiger partial charge in [0.1, 0.15) is 0 Å². The van der Waals surface area contributed by atoms with E-state index in [1.807, 2.05) is 60.7 Å². The molecule has 30 heavy (non-hydrogen) atoms. The van der Waals surface area contributed by atoms with Gasteiger partial charge in [0.15, 0.2) is 12.2 Å². The van der Waals surface area contributed by atoms with Crippen LogP contribution in [0.2, 0.25) is 0 Å². The Hall–Kier alpha value is -3.74. The maximum absolute atomic E-state index is 12.5. The monoisotopic (exact) mass is 400 g/mol. The van der Waals surface area contributed by atoms with Crippen LogP contribution in [0.1, 0.15) is 0 Å². The number of carbonyl (C=O) groups is 2. The molecule has 0 aliphatic carbocycles. The highest BCUT2D eigenvalue weighted by Crippen LogP contribution is 2.24. The quantitative estimate of drug-likeness (QED) is 0.413. The van der Waals surface area contributed by atoms with E-state index in [1.165, 1.54) is 0 Å². The van der Waals surface area contributed by atoms with Gasteiger partial charge in [-0.15, -0.1) is 0 Å². The molecule has 6 nitrogen and oxygen atoms in total. The number of hydrogen-bond donors (Lipinski definition) is 4. The van der Waals surface area contributed by atoms with Gasteiger partial charge in [0.2, 0.25) is 0 Å². The van der Waals surface area contributed by atoms with Crippen molar-refractivity contribution in [3.8, 4) is 0 Å². The van der Waals surface area contributed by atoms with Crippen LogP contribution in [0.4, 0.5) is 11.4 Å². The molecule has 0 aliphatic rings. The van der Waals surface area contributed by atoms with Gasteiger partial charge in [-0.25, -0.2) is 0 Å². The summed E-state index contributed by atoms with van der Waals surface area (Å²) < 4.78 is 0. The summed E-state index contributed by atoms with van der Waals surface area (Å²) >= 11 is 0. The van der Waals surface area contributed by atoms with Crippen molar-refractivity contribution in [3.63, 3.8) is 0 Å². The third-order valence-electron chi connectivity index (χ3n) is 4.93. The third-order valence-corrected chi connectivity index (χ3v) is 4.93. The van der Waals surface area contributed by atoms with Crippen molar-refractivity contribution in [2.24, 2.45) is 0 Å². The van der Waals surface area contributed by atoms with Crippen LogP contribution in [0, 0.1) is 0 Å². The number of amides is 2. The topological polar surface area (TPSA) is 98.7 Å². The van der Waals surface area contributed by atoms with E-state index >= 15 is 0 Å². The Bertz CT molecular complexity index is 1130. The Morgan fingerprint density at radius 1 is 0.567 bits per heavy atom. The summed E-state index contributed by atoms with van der Waals surface area (Å²) in [5.41, 5.74) is 0.970. The SMILES string of the molecule is O=C(Nc1cccc2ccccc12)[C@H](O)[C@@H](O)C(=O)Nc1cccc2ccccc12. The molecular weight excluding hydrogens is 380 g/mol. The molecule has 4 N–H and O–H groups in total.